The maximum Gasteiger partial charge on any atom is 0.160 e. The number of thiophene rings is 1. The van der Waals surface area contributed by atoms with Gasteiger partial charge in [0, 0.05) is 36.9 Å². The fourth-order valence-corrected chi connectivity index (χ4v) is 6.64. The van der Waals surface area contributed by atoms with Crippen LogP contribution in [0.4, 0.5) is 0 Å². The van der Waals surface area contributed by atoms with E-state index in [-0.39, 0.29) is 25.7 Å². The Morgan fingerprint density at radius 3 is 1.96 bits per heavy atom. The topological polar surface area (TPSA) is 25.8 Å². The summed E-state index contributed by atoms with van der Waals surface area (Å²) in [6.07, 6.45) is 0. The normalized spacial score (nSPS) is 19.4. The summed E-state index contributed by atoms with van der Waals surface area (Å²) in [6, 6.07) is -20.9. The quantitative estimate of drug-likeness (QED) is 0.138. The molecule has 0 unspecified atom stereocenters. The van der Waals surface area contributed by atoms with E-state index in [0.29, 0.717) is 11.3 Å². The van der Waals surface area contributed by atoms with Crippen molar-refractivity contribution in [2.45, 2.75) is 0 Å². The van der Waals surface area contributed by atoms with Gasteiger partial charge in [0.1, 0.15) is 0 Å². The number of aromatic nitrogens is 2. The van der Waals surface area contributed by atoms with Crippen LogP contribution in [0.2, 0.25) is 0 Å². The molecular weight excluding hydrogens is 613 g/mol. The molecule has 0 radical (unpaired) electrons. The Bertz CT molecular complexity index is 4380. The standard InChI is InChI=1S/C46H28N2S/c1-2-12-32(13-3-1)46-47-41(28-42(48-46)39-19-10-18-38-36-17-8-9-20-43(36)49-45(38)39)30-21-23-31(24-22-30)44-35-16-7-5-14-33(35)27-40-34-15-6-4-11-29(34)25-26-37(40)44/h1-28H/i1D,2D,3D,4D,5D,6D,7D,8D,9D,10D,11D,12D,13D,14D,15D,16D,17D,18D,19D,20D,21D,22D,23D,24D,25D,26D,27D. The molecule has 0 N–H and O–H groups in total. The van der Waals surface area contributed by atoms with Gasteiger partial charge in [-0.05, 0) is 61.6 Å². The molecule has 3 heteroatoms. The van der Waals surface area contributed by atoms with E-state index < -0.39 is 235 Å². The third-order valence-electron chi connectivity index (χ3n) is 7.71. The predicted molar refractivity (Wildman–Crippen MR) is 209 cm³/mol. The molecule has 8 aromatic carbocycles. The summed E-state index contributed by atoms with van der Waals surface area (Å²) in [7, 11) is 0. The Labute approximate surface area is 325 Å². The molecule has 0 aliphatic carbocycles. The number of hydrogen-bond donors (Lipinski definition) is 0. The van der Waals surface area contributed by atoms with Gasteiger partial charge in [-0.25, -0.2) is 9.97 Å². The molecule has 2 heterocycles. The molecule has 0 fully saturated rings. The number of benzene rings is 8. The number of rotatable bonds is 4. The Morgan fingerprint density at radius 2 is 1.10 bits per heavy atom. The first kappa shape index (κ1) is 12.1. The van der Waals surface area contributed by atoms with Crippen LogP contribution in [0.5, 0.6) is 0 Å². The van der Waals surface area contributed by atoms with Crippen LogP contribution in [0.3, 0.4) is 0 Å². The summed E-state index contributed by atoms with van der Waals surface area (Å²) in [4.78, 5) is 8.96. The lowest BCUT2D eigenvalue weighted by atomic mass is 9.89. The molecule has 0 saturated heterocycles. The summed E-state index contributed by atoms with van der Waals surface area (Å²) in [5.41, 5.74) is -4.19. The molecule has 0 spiro atoms. The van der Waals surface area contributed by atoms with Gasteiger partial charge in [-0.15, -0.1) is 11.3 Å². The third kappa shape index (κ3) is 4.62. The van der Waals surface area contributed by atoms with Crippen molar-refractivity contribution in [2.24, 2.45) is 0 Å². The van der Waals surface area contributed by atoms with Crippen LogP contribution in [-0.2, 0) is 0 Å². The zero-order valence-electron chi connectivity index (χ0n) is 51.4. The van der Waals surface area contributed by atoms with Crippen LogP contribution < -0.4 is 0 Å². The molecule has 0 aliphatic heterocycles. The van der Waals surface area contributed by atoms with Crippen LogP contribution in [0.1, 0.15) is 37.0 Å². The molecule has 228 valence electrons. The molecule has 0 bridgehead atoms. The number of nitrogens with zero attached hydrogens (tertiary/aromatic N) is 2. The van der Waals surface area contributed by atoms with Gasteiger partial charge in [0.2, 0.25) is 0 Å². The minimum Gasteiger partial charge on any atom is -0.228 e. The van der Waals surface area contributed by atoms with E-state index in [1.807, 2.05) is 0 Å². The average Bonchev–Trinajstić information content (AvgIpc) is 3.80. The first-order valence-corrected chi connectivity index (χ1v) is 15.2. The highest BCUT2D eigenvalue weighted by molar-refractivity contribution is 7.26. The van der Waals surface area contributed by atoms with E-state index in [2.05, 4.69) is 9.97 Å². The van der Waals surface area contributed by atoms with Crippen molar-refractivity contribution in [3.05, 3.63) is 169 Å². The molecular formula is C46H28N2S. The largest absolute Gasteiger partial charge is 0.228 e. The lowest BCUT2D eigenvalue weighted by molar-refractivity contribution is 1.19. The SMILES string of the molecule is [2H]c1c([2H])c([2H])c(-c2nc(-c3c([2H])c([2H])c(-c4c5c([2H])c([2H])c([2H])c([2H])c5c([2H])c5c4c([2H])c([2H])c4c([2H])c([2H])c([2H])c([2H])c45)c([2H])c3[2H])cc(-c3c([2H])c([2H])c([2H])c4c3sc3c([2H])c([2H])c([2H])c([2H])c34)n2)c([2H])c1[2H]. The van der Waals surface area contributed by atoms with Crippen molar-refractivity contribution in [2.75, 3.05) is 0 Å². The van der Waals surface area contributed by atoms with Crippen molar-refractivity contribution >= 4 is 63.8 Å². The van der Waals surface area contributed by atoms with Crippen molar-refractivity contribution < 1.29 is 37.0 Å². The molecule has 0 saturated carbocycles. The Hall–Kier alpha value is -6.16. The highest BCUT2D eigenvalue weighted by Gasteiger charge is 2.16. The molecule has 2 nitrogen and oxygen atoms in total. The van der Waals surface area contributed by atoms with E-state index in [0.717, 1.165) is 6.07 Å². The fraction of sp³-hybridized carbons (Fsp3) is 0. The van der Waals surface area contributed by atoms with Gasteiger partial charge in [-0.3, -0.25) is 0 Å². The highest BCUT2D eigenvalue weighted by Crippen LogP contribution is 2.42. The van der Waals surface area contributed by atoms with Gasteiger partial charge < -0.3 is 0 Å². The third-order valence-corrected chi connectivity index (χ3v) is 8.83. The zero-order chi connectivity index (χ0) is 55.8. The maximum absolute atomic E-state index is 9.65. The monoisotopic (exact) mass is 667 g/mol. The van der Waals surface area contributed by atoms with Crippen molar-refractivity contribution in [3.8, 4) is 45.0 Å². The van der Waals surface area contributed by atoms with Crippen LogP contribution in [0, 0.1) is 0 Å². The molecule has 49 heavy (non-hydrogen) atoms. The summed E-state index contributed by atoms with van der Waals surface area (Å²) in [6.45, 7) is 0. The average molecular weight is 668 g/mol. The number of hydrogen-bond acceptors (Lipinski definition) is 3. The zero-order valence-corrected chi connectivity index (χ0v) is 25.2. The number of fused-ring (bicyclic) bond motifs is 7. The molecule has 10 aromatic rings. The Kier molecular flexibility index (Phi) is 2.76. The second-order valence-electron chi connectivity index (χ2n) is 10.5. The Morgan fingerprint density at radius 1 is 0.429 bits per heavy atom. The molecule has 0 aliphatic rings. The van der Waals surface area contributed by atoms with Crippen LogP contribution in [-0.4, -0.2) is 9.97 Å². The summed E-state index contributed by atoms with van der Waals surface area (Å²) in [5, 5.41) is -3.80. The van der Waals surface area contributed by atoms with E-state index in [9.17, 15) is 9.60 Å². The maximum atomic E-state index is 9.65. The molecule has 2 aromatic heterocycles. The second kappa shape index (κ2) is 11.2. The molecule has 0 atom stereocenters. The smallest absolute Gasteiger partial charge is 0.160 e. The summed E-state index contributed by atoms with van der Waals surface area (Å²) < 4.78 is 240. The molecule has 10 rings (SSSR count). The summed E-state index contributed by atoms with van der Waals surface area (Å²) in [5.74, 6) is -0.720. The highest BCUT2D eigenvalue weighted by atomic mass is 32.1. The van der Waals surface area contributed by atoms with Crippen LogP contribution >= 0.6 is 11.3 Å². The van der Waals surface area contributed by atoms with Crippen LogP contribution in [0.25, 0.3) is 97.5 Å². The minimum atomic E-state index is -1.02. The predicted octanol–water partition coefficient (Wildman–Crippen LogP) is 13.0. The first-order valence-electron chi connectivity index (χ1n) is 27.9. The van der Waals surface area contributed by atoms with Crippen molar-refractivity contribution in [1.29, 1.82) is 0 Å². The van der Waals surface area contributed by atoms with Gasteiger partial charge in [-0.1, -0.05) is 151 Å². The van der Waals surface area contributed by atoms with Gasteiger partial charge in [0.25, 0.3) is 0 Å². The van der Waals surface area contributed by atoms with Crippen molar-refractivity contribution in [1.82, 2.24) is 9.97 Å². The van der Waals surface area contributed by atoms with E-state index >= 15 is 0 Å². The van der Waals surface area contributed by atoms with Crippen molar-refractivity contribution in [3.63, 3.8) is 0 Å². The lowest BCUT2D eigenvalue weighted by Crippen LogP contribution is -1.96. The van der Waals surface area contributed by atoms with Crippen LogP contribution in [0.15, 0.2) is 169 Å². The summed E-state index contributed by atoms with van der Waals surface area (Å²) >= 11 is 0.698. The van der Waals surface area contributed by atoms with Gasteiger partial charge in [0.05, 0.1) is 48.4 Å². The van der Waals surface area contributed by atoms with Gasteiger partial charge in [0.15, 0.2) is 5.82 Å². The molecule has 0 amide bonds. The Balaban J connectivity index is 1.39. The second-order valence-corrected chi connectivity index (χ2v) is 11.5. The van der Waals surface area contributed by atoms with E-state index in [1.165, 1.54) is 0 Å². The van der Waals surface area contributed by atoms with Gasteiger partial charge >= 0.3 is 0 Å². The van der Waals surface area contributed by atoms with Gasteiger partial charge in [-0.2, -0.15) is 0 Å². The lowest BCUT2D eigenvalue weighted by Gasteiger charge is -2.15. The first-order chi connectivity index (χ1) is 35.5. The minimum absolute atomic E-state index is 0.0823. The van der Waals surface area contributed by atoms with E-state index in [4.69, 9.17) is 27.4 Å². The fourth-order valence-electron chi connectivity index (χ4n) is 5.56. The van der Waals surface area contributed by atoms with E-state index in [1.54, 1.807) is 0 Å².